The van der Waals surface area contributed by atoms with Gasteiger partial charge in [0, 0.05) is 17.9 Å². The van der Waals surface area contributed by atoms with Crippen molar-refractivity contribution in [2.75, 3.05) is 30.4 Å². The molecule has 0 unspecified atom stereocenters. The van der Waals surface area contributed by atoms with E-state index in [1.807, 2.05) is 25.1 Å². The van der Waals surface area contributed by atoms with Crippen molar-refractivity contribution in [3.8, 4) is 0 Å². The SMILES string of the molecule is CCCN1C(=O)Cc2cc(NC[C@@H](O)C(=O)OC)ccc21. The van der Waals surface area contributed by atoms with Crippen LogP contribution < -0.4 is 10.2 Å². The third-order valence-corrected chi connectivity index (χ3v) is 3.43. The normalized spacial score (nSPS) is 14.8. The molecule has 6 heteroatoms. The number of amides is 1. The Balaban J connectivity index is 2.04. The van der Waals surface area contributed by atoms with Crippen LogP contribution in [0.5, 0.6) is 0 Å². The maximum atomic E-state index is 11.9. The van der Waals surface area contributed by atoms with E-state index in [1.165, 1.54) is 7.11 Å². The summed E-state index contributed by atoms with van der Waals surface area (Å²) >= 11 is 0. The van der Waals surface area contributed by atoms with Crippen LogP contribution in [0.1, 0.15) is 18.9 Å². The lowest BCUT2D eigenvalue weighted by molar-refractivity contribution is -0.149. The lowest BCUT2D eigenvalue weighted by Crippen LogP contribution is -2.29. The predicted molar refractivity (Wildman–Crippen MR) is 79.3 cm³/mol. The molecule has 1 aliphatic rings. The first-order valence-electron chi connectivity index (χ1n) is 6.99. The third kappa shape index (κ3) is 3.33. The summed E-state index contributed by atoms with van der Waals surface area (Å²) in [5.74, 6) is -0.563. The highest BCUT2D eigenvalue weighted by molar-refractivity contribution is 6.01. The molecule has 1 atom stereocenters. The van der Waals surface area contributed by atoms with E-state index in [1.54, 1.807) is 4.90 Å². The van der Waals surface area contributed by atoms with Gasteiger partial charge in [-0.05, 0) is 30.2 Å². The van der Waals surface area contributed by atoms with Crippen molar-refractivity contribution in [1.29, 1.82) is 0 Å². The molecule has 1 aromatic rings. The van der Waals surface area contributed by atoms with Gasteiger partial charge in [0.25, 0.3) is 0 Å². The van der Waals surface area contributed by atoms with Crippen molar-refractivity contribution < 1.29 is 19.4 Å². The molecule has 6 nitrogen and oxygen atoms in total. The first-order chi connectivity index (χ1) is 10.1. The minimum atomic E-state index is -1.21. The number of rotatable bonds is 6. The fourth-order valence-corrected chi connectivity index (χ4v) is 2.40. The average molecular weight is 292 g/mol. The first kappa shape index (κ1) is 15.3. The third-order valence-electron chi connectivity index (χ3n) is 3.43. The van der Waals surface area contributed by atoms with Crippen molar-refractivity contribution in [1.82, 2.24) is 0 Å². The minimum absolute atomic E-state index is 0.0675. The molecule has 0 aromatic heterocycles. The molecule has 0 aliphatic carbocycles. The predicted octanol–water partition coefficient (Wildman–Crippen LogP) is 0.931. The van der Waals surface area contributed by atoms with Gasteiger partial charge >= 0.3 is 5.97 Å². The van der Waals surface area contributed by atoms with E-state index in [9.17, 15) is 14.7 Å². The molecule has 21 heavy (non-hydrogen) atoms. The molecule has 1 heterocycles. The Kier molecular flexibility index (Phi) is 4.80. The Bertz CT molecular complexity index is 544. The summed E-state index contributed by atoms with van der Waals surface area (Å²) in [5.41, 5.74) is 2.68. The minimum Gasteiger partial charge on any atom is -0.467 e. The van der Waals surface area contributed by atoms with Gasteiger partial charge in [0.2, 0.25) is 5.91 Å². The summed E-state index contributed by atoms with van der Waals surface area (Å²) in [6.07, 6.45) is 0.0995. The summed E-state index contributed by atoms with van der Waals surface area (Å²) in [7, 11) is 1.23. The van der Waals surface area contributed by atoms with Crippen LogP contribution in [0.4, 0.5) is 11.4 Å². The van der Waals surface area contributed by atoms with Crippen LogP contribution in [0.2, 0.25) is 0 Å². The molecule has 0 bridgehead atoms. The van der Waals surface area contributed by atoms with Crippen molar-refractivity contribution in [2.45, 2.75) is 25.9 Å². The number of carbonyl (C=O) groups is 2. The zero-order valence-corrected chi connectivity index (χ0v) is 12.3. The number of nitrogens with one attached hydrogen (secondary N) is 1. The highest BCUT2D eigenvalue weighted by Gasteiger charge is 2.26. The number of carbonyl (C=O) groups excluding carboxylic acids is 2. The molecule has 0 saturated carbocycles. The maximum Gasteiger partial charge on any atom is 0.336 e. The number of aliphatic hydroxyl groups is 1. The Morgan fingerprint density at radius 1 is 1.52 bits per heavy atom. The van der Waals surface area contributed by atoms with Crippen LogP contribution in [-0.2, 0) is 20.7 Å². The number of ether oxygens (including phenoxy) is 1. The number of nitrogens with zero attached hydrogens (tertiary/aromatic N) is 1. The van der Waals surface area contributed by atoms with Crippen LogP contribution in [0.15, 0.2) is 18.2 Å². The van der Waals surface area contributed by atoms with E-state index in [-0.39, 0.29) is 12.5 Å². The van der Waals surface area contributed by atoms with Crippen molar-refractivity contribution in [3.63, 3.8) is 0 Å². The highest BCUT2D eigenvalue weighted by Crippen LogP contribution is 2.31. The van der Waals surface area contributed by atoms with Gasteiger partial charge in [-0.1, -0.05) is 6.92 Å². The standard InChI is InChI=1S/C15H20N2O4/c1-3-6-17-12-5-4-11(7-10(12)8-14(17)19)16-9-13(18)15(20)21-2/h4-5,7,13,16,18H,3,6,8-9H2,1-2H3/t13-/m1/s1. The second-order valence-electron chi connectivity index (χ2n) is 4.99. The number of aliphatic hydroxyl groups excluding tert-OH is 1. The Morgan fingerprint density at radius 2 is 2.29 bits per heavy atom. The van der Waals surface area contributed by atoms with Gasteiger partial charge in [0.05, 0.1) is 20.1 Å². The second kappa shape index (κ2) is 6.58. The van der Waals surface area contributed by atoms with Gasteiger partial charge < -0.3 is 20.1 Å². The van der Waals surface area contributed by atoms with Crippen molar-refractivity contribution >= 4 is 23.3 Å². The lowest BCUT2D eigenvalue weighted by Gasteiger charge is -2.17. The fourth-order valence-electron chi connectivity index (χ4n) is 2.40. The second-order valence-corrected chi connectivity index (χ2v) is 4.99. The van der Waals surface area contributed by atoms with Gasteiger partial charge in [0.1, 0.15) is 0 Å². The van der Waals surface area contributed by atoms with Gasteiger partial charge in [-0.15, -0.1) is 0 Å². The van der Waals surface area contributed by atoms with E-state index in [0.717, 1.165) is 29.9 Å². The van der Waals surface area contributed by atoms with Crippen LogP contribution in [0, 0.1) is 0 Å². The van der Waals surface area contributed by atoms with Crippen LogP contribution in [0.25, 0.3) is 0 Å². The van der Waals surface area contributed by atoms with Gasteiger partial charge in [-0.25, -0.2) is 4.79 Å². The number of hydrogen-bond acceptors (Lipinski definition) is 5. The van der Waals surface area contributed by atoms with Gasteiger partial charge in [0.15, 0.2) is 6.10 Å². The Hall–Kier alpha value is -2.08. The highest BCUT2D eigenvalue weighted by atomic mass is 16.5. The van der Waals surface area contributed by atoms with Crippen molar-refractivity contribution in [3.05, 3.63) is 23.8 Å². The first-order valence-corrected chi connectivity index (χ1v) is 6.99. The maximum absolute atomic E-state index is 11.9. The van der Waals surface area contributed by atoms with Crippen LogP contribution >= 0.6 is 0 Å². The number of hydrogen-bond donors (Lipinski definition) is 2. The molecular formula is C15H20N2O4. The lowest BCUT2D eigenvalue weighted by atomic mass is 10.1. The van der Waals surface area contributed by atoms with Crippen LogP contribution in [-0.4, -0.2) is 43.3 Å². The fraction of sp³-hybridized carbons (Fsp3) is 0.467. The van der Waals surface area contributed by atoms with Gasteiger partial charge in [-0.3, -0.25) is 4.79 Å². The molecule has 114 valence electrons. The number of benzene rings is 1. The summed E-state index contributed by atoms with van der Waals surface area (Å²) in [5, 5.41) is 12.5. The monoisotopic (exact) mass is 292 g/mol. The quantitative estimate of drug-likeness (QED) is 0.763. The van der Waals surface area contributed by atoms with E-state index in [4.69, 9.17) is 0 Å². The average Bonchev–Trinajstić information content (AvgIpc) is 2.79. The van der Waals surface area contributed by atoms with Crippen molar-refractivity contribution in [2.24, 2.45) is 0 Å². The number of methoxy groups -OCH3 is 1. The van der Waals surface area contributed by atoms with Crippen LogP contribution in [0.3, 0.4) is 0 Å². The molecule has 0 radical (unpaired) electrons. The molecule has 1 aromatic carbocycles. The molecule has 0 fully saturated rings. The van der Waals surface area contributed by atoms with E-state index < -0.39 is 12.1 Å². The topological polar surface area (TPSA) is 78.9 Å². The molecule has 0 saturated heterocycles. The smallest absolute Gasteiger partial charge is 0.336 e. The molecule has 1 aliphatic heterocycles. The summed E-state index contributed by atoms with van der Waals surface area (Å²) < 4.78 is 4.45. The molecule has 2 N–H and O–H groups in total. The van der Waals surface area contributed by atoms with Gasteiger partial charge in [-0.2, -0.15) is 0 Å². The largest absolute Gasteiger partial charge is 0.467 e. The zero-order valence-electron chi connectivity index (χ0n) is 12.3. The molecule has 1 amide bonds. The number of fused-ring (bicyclic) bond motifs is 1. The zero-order chi connectivity index (χ0) is 15.4. The van der Waals surface area contributed by atoms with E-state index in [0.29, 0.717) is 6.42 Å². The number of anilines is 2. The Morgan fingerprint density at radius 3 is 2.95 bits per heavy atom. The summed E-state index contributed by atoms with van der Waals surface area (Å²) in [6, 6.07) is 5.61. The van der Waals surface area contributed by atoms with E-state index >= 15 is 0 Å². The molecule has 0 spiro atoms. The molecule has 2 rings (SSSR count). The number of esters is 1. The Labute approximate surface area is 123 Å². The molecular weight excluding hydrogens is 272 g/mol. The van der Waals surface area contributed by atoms with E-state index in [2.05, 4.69) is 10.1 Å². The summed E-state index contributed by atoms with van der Waals surface area (Å²) in [4.78, 5) is 24.8. The summed E-state index contributed by atoms with van der Waals surface area (Å²) in [6.45, 7) is 2.83.